The number of carbonyl (C=O) groups excluding carboxylic acids is 1. The zero-order valence-electron chi connectivity index (χ0n) is 20.8. The quantitative estimate of drug-likeness (QED) is 0.519. The van der Waals surface area contributed by atoms with E-state index in [1.54, 1.807) is 38.1 Å². The standard InChI is InChI=1S/C26H32F3NO5/c1-23(2,3)30-15-21(17-12-13-20-18(14-17)16-33-24(4,5)35-20)34-22(31)25(32-6,26(27,28)29)19-10-8-7-9-11-19/h7-14,21,30H,15-16H2,1-6H3/t21-,25+/m0/s1. The number of hydrogen-bond acceptors (Lipinski definition) is 6. The summed E-state index contributed by atoms with van der Waals surface area (Å²) in [5, 5.41) is 3.21. The summed E-state index contributed by atoms with van der Waals surface area (Å²) in [6.45, 7) is 9.61. The molecular formula is C26H32F3NO5. The number of fused-ring (bicyclic) bond motifs is 1. The average molecular weight is 496 g/mol. The van der Waals surface area contributed by atoms with Gasteiger partial charge >= 0.3 is 12.1 Å². The number of halogens is 3. The molecule has 9 heteroatoms. The van der Waals surface area contributed by atoms with Crippen LogP contribution in [-0.2, 0) is 31.2 Å². The molecule has 192 valence electrons. The van der Waals surface area contributed by atoms with E-state index >= 15 is 0 Å². The minimum atomic E-state index is -5.06. The van der Waals surface area contributed by atoms with Gasteiger partial charge in [0, 0.05) is 44.2 Å². The molecule has 3 rings (SSSR count). The van der Waals surface area contributed by atoms with Gasteiger partial charge in [-0.15, -0.1) is 0 Å². The number of nitrogens with one attached hydrogen (secondary N) is 1. The van der Waals surface area contributed by atoms with Crippen molar-refractivity contribution in [2.75, 3.05) is 13.7 Å². The first-order valence-electron chi connectivity index (χ1n) is 11.3. The molecule has 0 aliphatic carbocycles. The molecule has 2 aromatic carbocycles. The molecule has 1 aliphatic heterocycles. The first kappa shape index (κ1) is 27.0. The maximum Gasteiger partial charge on any atom is 0.432 e. The molecule has 1 heterocycles. The van der Waals surface area contributed by atoms with Gasteiger partial charge in [-0.05, 0) is 38.5 Å². The summed E-state index contributed by atoms with van der Waals surface area (Å²) in [5.74, 6) is -1.75. The maximum atomic E-state index is 14.4. The molecule has 0 unspecified atom stereocenters. The minimum absolute atomic E-state index is 0.0771. The van der Waals surface area contributed by atoms with Crippen molar-refractivity contribution >= 4 is 5.97 Å². The number of hydrogen-bond donors (Lipinski definition) is 1. The largest absolute Gasteiger partial charge is 0.463 e. The lowest BCUT2D eigenvalue weighted by molar-refractivity contribution is -0.278. The van der Waals surface area contributed by atoms with Crippen molar-refractivity contribution in [3.63, 3.8) is 0 Å². The Morgan fingerprint density at radius 3 is 2.34 bits per heavy atom. The van der Waals surface area contributed by atoms with Crippen LogP contribution in [0.4, 0.5) is 13.2 Å². The zero-order valence-corrected chi connectivity index (χ0v) is 20.8. The Kier molecular flexibility index (Phi) is 7.55. The van der Waals surface area contributed by atoms with E-state index in [4.69, 9.17) is 18.9 Å². The second kappa shape index (κ2) is 9.79. The fourth-order valence-corrected chi connectivity index (χ4v) is 3.78. The lowest BCUT2D eigenvalue weighted by atomic mass is 9.92. The molecule has 0 aromatic heterocycles. The molecule has 1 aliphatic rings. The van der Waals surface area contributed by atoms with Gasteiger partial charge in [0.1, 0.15) is 11.9 Å². The third-order valence-electron chi connectivity index (χ3n) is 5.63. The van der Waals surface area contributed by atoms with Crippen LogP contribution in [0.15, 0.2) is 48.5 Å². The van der Waals surface area contributed by atoms with E-state index in [0.29, 0.717) is 16.9 Å². The Labute approximate surface area is 203 Å². The molecule has 0 spiro atoms. The van der Waals surface area contributed by atoms with Crippen molar-refractivity contribution < 1.29 is 36.9 Å². The van der Waals surface area contributed by atoms with Crippen molar-refractivity contribution in [1.29, 1.82) is 0 Å². The van der Waals surface area contributed by atoms with Crippen LogP contribution in [0.25, 0.3) is 0 Å². The van der Waals surface area contributed by atoms with E-state index in [2.05, 4.69) is 5.32 Å². The summed E-state index contributed by atoms with van der Waals surface area (Å²) < 4.78 is 65.0. The first-order chi connectivity index (χ1) is 16.2. The third kappa shape index (κ3) is 5.97. The number of alkyl halides is 3. The molecular weight excluding hydrogens is 463 g/mol. The highest BCUT2D eigenvalue weighted by Crippen LogP contribution is 2.44. The van der Waals surface area contributed by atoms with Crippen LogP contribution in [-0.4, -0.2) is 37.1 Å². The summed E-state index contributed by atoms with van der Waals surface area (Å²) >= 11 is 0. The molecule has 0 fully saturated rings. The van der Waals surface area contributed by atoms with Gasteiger partial charge in [-0.2, -0.15) is 13.2 Å². The van der Waals surface area contributed by atoms with E-state index in [1.807, 2.05) is 20.8 Å². The highest BCUT2D eigenvalue weighted by Gasteiger charge is 2.64. The predicted octanol–water partition coefficient (Wildman–Crippen LogP) is 5.41. The van der Waals surface area contributed by atoms with Crippen LogP contribution in [0.1, 0.15) is 57.4 Å². The first-order valence-corrected chi connectivity index (χ1v) is 11.3. The van der Waals surface area contributed by atoms with Crippen molar-refractivity contribution in [1.82, 2.24) is 5.32 Å². The number of benzene rings is 2. The number of rotatable bonds is 7. The van der Waals surface area contributed by atoms with Gasteiger partial charge in [-0.25, -0.2) is 4.79 Å². The van der Waals surface area contributed by atoms with E-state index in [1.165, 1.54) is 24.3 Å². The van der Waals surface area contributed by atoms with E-state index in [0.717, 1.165) is 7.11 Å². The van der Waals surface area contributed by atoms with Crippen molar-refractivity contribution in [3.05, 3.63) is 65.2 Å². The molecule has 0 amide bonds. The molecule has 0 saturated carbocycles. The lowest BCUT2D eigenvalue weighted by Crippen LogP contribution is -2.52. The highest BCUT2D eigenvalue weighted by molar-refractivity contribution is 5.83. The normalized spacial score (nSPS) is 18.1. The van der Waals surface area contributed by atoms with Crippen molar-refractivity contribution in [3.8, 4) is 5.75 Å². The van der Waals surface area contributed by atoms with Gasteiger partial charge < -0.3 is 24.3 Å². The highest BCUT2D eigenvalue weighted by atomic mass is 19.4. The molecule has 35 heavy (non-hydrogen) atoms. The van der Waals surface area contributed by atoms with Crippen LogP contribution in [0.3, 0.4) is 0 Å². The van der Waals surface area contributed by atoms with Crippen LogP contribution < -0.4 is 10.1 Å². The molecule has 2 atom stereocenters. The smallest absolute Gasteiger partial charge is 0.432 e. The molecule has 2 aromatic rings. The van der Waals surface area contributed by atoms with Gasteiger partial charge in [0.15, 0.2) is 0 Å². The number of esters is 1. The Balaban J connectivity index is 1.99. The molecule has 0 radical (unpaired) electrons. The Morgan fingerprint density at radius 1 is 1.11 bits per heavy atom. The Hall–Kier alpha value is -2.62. The van der Waals surface area contributed by atoms with Gasteiger partial charge in [0.05, 0.1) is 6.61 Å². The van der Waals surface area contributed by atoms with Crippen LogP contribution in [0.2, 0.25) is 0 Å². The predicted molar refractivity (Wildman–Crippen MR) is 124 cm³/mol. The maximum absolute atomic E-state index is 14.4. The van der Waals surface area contributed by atoms with E-state index < -0.39 is 29.6 Å². The van der Waals surface area contributed by atoms with Crippen LogP contribution >= 0.6 is 0 Å². The summed E-state index contributed by atoms with van der Waals surface area (Å²) in [4.78, 5) is 13.3. The van der Waals surface area contributed by atoms with Crippen LogP contribution in [0.5, 0.6) is 5.75 Å². The van der Waals surface area contributed by atoms with E-state index in [-0.39, 0.29) is 24.3 Å². The van der Waals surface area contributed by atoms with Crippen LogP contribution in [0, 0.1) is 0 Å². The van der Waals surface area contributed by atoms with E-state index in [9.17, 15) is 18.0 Å². The molecule has 1 N–H and O–H groups in total. The Bertz CT molecular complexity index is 1030. The minimum Gasteiger partial charge on any atom is -0.463 e. The summed E-state index contributed by atoms with van der Waals surface area (Å²) in [7, 11) is 0.847. The monoisotopic (exact) mass is 495 g/mol. The number of methoxy groups -OCH3 is 1. The van der Waals surface area contributed by atoms with Crippen molar-refractivity contribution in [2.24, 2.45) is 0 Å². The summed E-state index contributed by atoms with van der Waals surface area (Å²) in [5.41, 5.74) is -2.82. The second-order valence-corrected chi connectivity index (χ2v) is 9.93. The fourth-order valence-electron chi connectivity index (χ4n) is 3.78. The summed E-state index contributed by atoms with van der Waals surface area (Å²) in [6, 6.07) is 11.9. The SMILES string of the molecule is CO[C@@](C(=O)O[C@@H](CNC(C)(C)C)c1ccc2c(c1)COC(C)(C)O2)(c1ccccc1)C(F)(F)F. The third-order valence-corrected chi connectivity index (χ3v) is 5.63. The molecule has 6 nitrogen and oxygen atoms in total. The number of ether oxygens (including phenoxy) is 4. The van der Waals surface area contributed by atoms with Gasteiger partial charge in [-0.1, -0.05) is 36.4 Å². The fraction of sp³-hybridized carbons (Fsp3) is 0.500. The Morgan fingerprint density at radius 2 is 1.77 bits per heavy atom. The molecule has 0 saturated heterocycles. The van der Waals surface area contributed by atoms with Gasteiger partial charge in [0.2, 0.25) is 5.79 Å². The van der Waals surface area contributed by atoms with Gasteiger partial charge in [0.25, 0.3) is 5.60 Å². The number of carbonyl (C=O) groups is 1. The topological polar surface area (TPSA) is 66.0 Å². The second-order valence-electron chi connectivity index (χ2n) is 9.93. The summed E-state index contributed by atoms with van der Waals surface area (Å²) in [6.07, 6.45) is -6.10. The zero-order chi connectivity index (χ0) is 26.1. The lowest BCUT2D eigenvalue weighted by Gasteiger charge is -2.35. The van der Waals surface area contributed by atoms with Crippen molar-refractivity contribution in [2.45, 2.75) is 70.4 Å². The van der Waals surface area contributed by atoms with Gasteiger partial charge in [-0.3, -0.25) is 0 Å². The average Bonchev–Trinajstić information content (AvgIpc) is 2.76. The molecule has 0 bridgehead atoms.